The number of nitrogens with zero attached hydrogens (tertiary/aromatic N) is 6. The molecule has 0 aromatic heterocycles. The van der Waals surface area contributed by atoms with Gasteiger partial charge in [0.2, 0.25) is 0 Å². The molecule has 1 aliphatic rings. The molecule has 0 radical (unpaired) electrons. The molecule has 0 bridgehead atoms. The highest BCUT2D eigenvalue weighted by Gasteiger charge is 1.94. The van der Waals surface area contributed by atoms with E-state index in [2.05, 4.69) is 31.1 Å². The van der Waals surface area contributed by atoms with Gasteiger partial charge in [-0.2, -0.15) is 10.2 Å². The molecule has 0 aromatic carbocycles. The molecule has 0 saturated heterocycles. The highest BCUT2D eigenvalue weighted by molar-refractivity contribution is 4.50. The van der Waals surface area contributed by atoms with Gasteiger partial charge in [0.25, 0.3) is 0 Å². The van der Waals surface area contributed by atoms with E-state index >= 15 is 0 Å². The Kier molecular flexibility index (Phi) is 13.9. The summed E-state index contributed by atoms with van der Waals surface area (Å²) in [5.74, 6) is 0. The first-order valence-corrected chi connectivity index (χ1v) is 9.13. The minimum atomic E-state index is 0.732. The summed E-state index contributed by atoms with van der Waals surface area (Å²) in [5.41, 5.74) is 0. The second-order valence-electron chi connectivity index (χ2n) is 6.04. The Morgan fingerprint density at radius 3 is 0.864 bits per heavy atom. The Hall–Kier alpha value is -1.20. The van der Waals surface area contributed by atoms with Gasteiger partial charge in [-0.3, -0.25) is 0 Å². The lowest BCUT2D eigenvalue weighted by atomic mass is 10.0. The molecule has 22 heavy (non-hydrogen) atoms. The van der Waals surface area contributed by atoms with Gasteiger partial charge in [-0.1, -0.05) is 77.0 Å². The van der Waals surface area contributed by atoms with Crippen LogP contribution in [0.3, 0.4) is 0 Å². The predicted molar refractivity (Wildman–Crippen MR) is 88.9 cm³/mol. The highest BCUT2D eigenvalue weighted by atomic mass is 15.6. The van der Waals surface area contributed by atoms with Gasteiger partial charge in [-0.25, -0.2) is 0 Å². The third-order valence-corrected chi connectivity index (χ3v) is 4.01. The summed E-state index contributed by atoms with van der Waals surface area (Å²) in [6, 6.07) is 0. The Balaban J connectivity index is 2.16. The van der Waals surface area contributed by atoms with Crippen molar-refractivity contribution in [1.82, 2.24) is 0 Å². The third kappa shape index (κ3) is 13.8. The SMILES string of the molecule is C1CCCCCCCCN=NN=NN=NCCCCCCC1. The van der Waals surface area contributed by atoms with Crippen LogP contribution in [0.2, 0.25) is 0 Å². The van der Waals surface area contributed by atoms with E-state index in [4.69, 9.17) is 0 Å². The molecule has 6 nitrogen and oxygen atoms in total. The van der Waals surface area contributed by atoms with Crippen LogP contribution < -0.4 is 0 Å². The lowest BCUT2D eigenvalue weighted by Gasteiger charge is -2.03. The second-order valence-corrected chi connectivity index (χ2v) is 6.04. The average molecular weight is 308 g/mol. The largest absolute Gasteiger partial charge is 0.167 e. The van der Waals surface area contributed by atoms with Crippen molar-refractivity contribution in [2.75, 3.05) is 13.1 Å². The van der Waals surface area contributed by atoms with Crippen LogP contribution in [-0.2, 0) is 0 Å². The van der Waals surface area contributed by atoms with Gasteiger partial charge >= 0.3 is 0 Å². The maximum Gasteiger partial charge on any atom is 0.0621 e. The normalized spacial score (nSPS) is 21.8. The molecule has 0 atom stereocenters. The van der Waals surface area contributed by atoms with Gasteiger partial charge in [0.1, 0.15) is 0 Å². The molecule has 0 unspecified atom stereocenters. The van der Waals surface area contributed by atoms with Crippen LogP contribution in [0.25, 0.3) is 0 Å². The van der Waals surface area contributed by atoms with Crippen molar-refractivity contribution in [3.63, 3.8) is 0 Å². The van der Waals surface area contributed by atoms with Crippen molar-refractivity contribution in [2.24, 2.45) is 31.1 Å². The smallest absolute Gasteiger partial charge is 0.0621 e. The molecule has 6 heteroatoms. The molecule has 0 saturated carbocycles. The zero-order valence-corrected chi connectivity index (χ0v) is 14.0. The van der Waals surface area contributed by atoms with E-state index in [-0.39, 0.29) is 0 Å². The van der Waals surface area contributed by atoms with Gasteiger partial charge in [-0.15, -0.1) is 0 Å². The summed E-state index contributed by atoms with van der Waals surface area (Å²) in [4.78, 5) is 0. The van der Waals surface area contributed by atoms with Crippen LogP contribution in [0.15, 0.2) is 31.1 Å². The van der Waals surface area contributed by atoms with Gasteiger partial charge in [0.05, 0.1) is 13.1 Å². The molecular formula is C16H32N6. The lowest BCUT2D eigenvalue weighted by Crippen LogP contribution is -1.85. The van der Waals surface area contributed by atoms with Gasteiger partial charge < -0.3 is 0 Å². The van der Waals surface area contributed by atoms with Crippen molar-refractivity contribution in [3.8, 4) is 0 Å². The fourth-order valence-corrected chi connectivity index (χ4v) is 2.67. The van der Waals surface area contributed by atoms with E-state index in [1.165, 1.54) is 77.0 Å². The Bertz CT molecular complexity index is 284. The monoisotopic (exact) mass is 308 g/mol. The molecule has 0 spiro atoms. The first-order chi connectivity index (χ1) is 11.0. The van der Waals surface area contributed by atoms with Crippen molar-refractivity contribution in [2.45, 2.75) is 89.9 Å². The zero-order valence-electron chi connectivity index (χ0n) is 14.0. The van der Waals surface area contributed by atoms with E-state index in [9.17, 15) is 0 Å². The van der Waals surface area contributed by atoms with Crippen molar-refractivity contribution >= 4 is 0 Å². The van der Waals surface area contributed by atoms with E-state index in [0.717, 1.165) is 25.9 Å². The molecule has 0 aliphatic carbocycles. The standard InChI is InChI=1S/C16H32N6/c1-2-4-6-8-10-12-14-16-18-20-22-21-19-17-15-13-11-9-7-5-3-1/h1-16H2. The minimum Gasteiger partial charge on any atom is -0.167 e. The van der Waals surface area contributed by atoms with Gasteiger partial charge in [-0.05, 0) is 33.7 Å². The molecule has 0 fully saturated rings. The summed E-state index contributed by atoms with van der Waals surface area (Å²) >= 11 is 0. The van der Waals surface area contributed by atoms with E-state index in [0.29, 0.717) is 0 Å². The average Bonchev–Trinajstić information content (AvgIpc) is 2.53. The quantitative estimate of drug-likeness (QED) is 0.480. The molecule has 0 amide bonds. The summed E-state index contributed by atoms with van der Waals surface area (Å²) in [6.07, 6.45) is 18.4. The second kappa shape index (κ2) is 16.2. The first kappa shape index (κ1) is 18.8. The molecule has 0 aromatic rings. The van der Waals surface area contributed by atoms with Crippen molar-refractivity contribution < 1.29 is 0 Å². The van der Waals surface area contributed by atoms with Crippen molar-refractivity contribution in [3.05, 3.63) is 0 Å². The van der Waals surface area contributed by atoms with Gasteiger partial charge in [0.15, 0.2) is 0 Å². The predicted octanol–water partition coefficient (Wildman–Crippen LogP) is 6.65. The van der Waals surface area contributed by atoms with E-state index in [1.54, 1.807) is 0 Å². The number of hydrogen-bond donors (Lipinski definition) is 0. The van der Waals surface area contributed by atoms with Gasteiger partial charge in [0, 0.05) is 0 Å². The Morgan fingerprint density at radius 1 is 0.273 bits per heavy atom. The van der Waals surface area contributed by atoms with Crippen LogP contribution in [0.1, 0.15) is 89.9 Å². The van der Waals surface area contributed by atoms with E-state index < -0.39 is 0 Å². The summed E-state index contributed by atoms with van der Waals surface area (Å²) < 4.78 is 0. The van der Waals surface area contributed by atoms with Crippen molar-refractivity contribution in [1.29, 1.82) is 0 Å². The van der Waals surface area contributed by atoms with Crippen LogP contribution in [-0.4, -0.2) is 13.1 Å². The van der Waals surface area contributed by atoms with Crippen LogP contribution in [0, 0.1) is 0 Å². The van der Waals surface area contributed by atoms with Crippen LogP contribution in [0.4, 0.5) is 0 Å². The zero-order chi connectivity index (χ0) is 15.6. The van der Waals surface area contributed by atoms with E-state index in [1.807, 2.05) is 0 Å². The number of rotatable bonds is 0. The molecular weight excluding hydrogens is 276 g/mol. The Morgan fingerprint density at radius 2 is 0.545 bits per heavy atom. The topological polar surface area (TPSA) is 74.2 Å². The molecule has 0 N–H and O–H groups in total. The summed E-state index contributed by atoms with van der Waals surface area (Å²) in [6.45, 7) is 1.46. The van der Waals surface area contributed by atoms with Crippen LogP contribution in [0.5, 0.6) is 0 Å². The molecule has 1 aliphatic heterocycles. The molecule has 1 heterocycles. The molecule has 1 rings (SSSR count). The summed E-state index contributed by atoms with van der Waals surface area (Å²) in [5, 5.41) is 22.1. The van der Waals surface area contributed by atoms with Crippen LogP contribution >= 0.6 is 0 Å². The minimum absolute atomic E-state index is 0.732. The summed E-state index contributed by atoms with van der Waals surface area (Å²) in [7, 11) is 0. The Labute approximate surface area is 134 Å². The maximum absolute atomic E-state index is 3.95. The fourth-order valence-electron chi connectivity index (χ4n) is 2.67. The maximum atomic E-state index is 3.95. The fraction of sp³-hybridized carbons (Fsp3) is 1.00. The first-order valence-electron chi connectivity index (χ1n) is 9.13. The molecule has 126 valence electrons. The number of hydrogen-bond acceptors (Lipinski definition) is 6. The third-order valence-electron chi connectivity index (χ3n) is 4.01. The lowest BCUT2D eigenvalue weighted by molar-refractivity contribution is 0.532. The highest BCUT2D eigenvalue weighted by Crippen LogP contribution is 2.13.